The van der Waals surface area contributed by atoms with Crippen molar-refractivity contribution in [1.29, 1.82) is 0 Å². The molecule has 3 rings (SSSR count). The van der Waals surface area contributed by atoms with Crippen LogP contribution in [0.4, 0.5) is 0 Å². The van der Waals surface area contributed by atoms with Crippen LogP contribution in [0, 0.1) is 10.8 Å². The highest BCUT2D eigenvalue weighted by molar-refractivity contribution is 5.26. The van der Waals surface area contributed by atoms with Gasteiger partial charge in [-0.15, -0.1) is 0 Å². The number of hydrogen-bond donors (Lipinski definition) is 1. The van der Waals surface area contributed by atoms with Gasteiger partial charge in [-0.3, -0.25) is 0 Å². The maximum atomic E-state index is 3.63. The van der Waals surface area contributed by atoms with Crippen LogP contribution >= 0.6 is 0 Å². The SMILES string of the molecule is CCNCC1(C2=CCCCC2)CC2(CCC2)C1. The van der Waals surface area contributed by atoms with Gasteiger partial charge in [-0.1, -0.05) is 25.0 Å². The summed E-state index contributed by atoms with van der Waals surface area (Å²) in [5, 5.41) is 3.63. The second-order valence-corrected chi connectivity index (χ2v) is 6.74. The zero-order valence-corrected chi connectivity index (χ0v) is 11.4. The molecule has 1 N–H and O–H groups in total. The Morgan fingerprint density at radius 3 is 2.53 bits per heavy atom. The van der Waals surface area contributed by atoms with Gasteiger partial charge in [-0.05, 0) is 63.3 Å². The highest BCUT2D eigenvalue weighted by Gasteiger charge is 2.57. The van der Waals surface area contributed by atoms with Crippen LogP contribution in [0.15, 0.2) is 11.6 Å². The average molecular weight is 233 g/mol. The summed E-state index contributed by atoms with van der Waals surface area (Å²) in [7, 11) is 0. The fourth-order valence-electron chi connectivity index (χ4n) is 4.56. The van der Waals surface area contributed by atoms with Crippen molar-refractivity contribution < 1.29 is 0 Å². The highest BCUT2D eigenvalue weighted by atomic mass is 14.9. The zero-order valence-electron chi connectivity index (χ0n) is 11.4. The quantitative estimate of drug-likeness (QED) is 0.722. The van der Waals surface area contributed by atoms with Crippen molar-refractivity contribution in [2.24, 2.45) is 10.8 Å². The lowest BCUT2D eigenvalue weighted by molar-refractivity contribution is -0.0757. The molecule has 0 saturated heterocycles. The molecule has 17 heavy (non-hydrogen) atoms. The van der Waals surface area contributed by atoms with Gasteiger partial charge in [0.15, 0.2) is 0 Å². The van der Waals surface area contributed by atoms with Gasteiger partial charge in [0.25, 0.3) is 0 Å². The van der Waals surface area contributed by atoms with Gasteiger partial charge >= 0.3 is 0 Å². The smallest absolute Gasteiger partial charge is 0.00472 e. The first-order valence-electron chi connectivity index (χ1n) is 7.69. The Balaban J connectivity index is 1.71. The molecule has 96 valence electrons. The molecule has 1 heteroatoms. The van der Waals surface area contributed by atoms with Crippen LogP contribution in [0.2, 0.25) is 0 Å². The van der Waals surface area contributed by atoms with Crippen LogP contribution in [0.25, 0.3) is 0 Å². The van der Waals surface area contributed by atoms with E-state index in [1.54, 1.807) is 0 Å². The molecule has 0 heterocycles. The minimum atomic E-state index is 0.580. The van der Waals surface area contributed by atoms with E-state index in [2.05, 4.69) is 18.3 Å². The first-order valence-corrected chi connectivity index (χ1v) is 7.69. The van der Waals surface area contributed by atoms with Crippen molar-refractivity contribution >= 4 is 0 Å². The molecule has 3 aliphatic rings. The van der Waals surface area contributed by atoms with Crippen LogP contribution in [-0.2, 0) is 0 Å². The van der Waals surface area contributed by atoms with E-state index in [-0.39, 0.29) is 0 Å². The van der Waals surface area contributed by atoms with Gasteiger partial charge < -0.3 is 5.32 Å². The summed E-state index contributed by atoms with van der Waals surface area (Å²) in [6.45, 7) is 4.61. The molecular formula is C16H27N. The Bertz CT molecular complexity index is 303. The summed E-state index contributed by atoms with van der Waals surface area (Å²) < 4.78 is 0. The van der Waals surface area contributed by atoms with Gasteiger partial charge in [0.1, 0.15) is 0 Å². The molecule has 0 aromatic heterocycles. The summed E-state index contributed by atoms with van der Waals surface area (Å²) in [4.78, 5) is 0. The van der Waals surface area contributed by atoms with E-state index in [1.807, 2.05) is 5.57 Å². The molecule has 1 spiro atoms. The number of hydrogen-bond acceptors (Lipinski definition) is 1. The standard InChI is InChI=1S/C16H27N/c1-2-17-13-16(14-7-4-3-5-8-14)11-15(12-16)9-6-10-15/h7,17H,2-6,8-13H2,1H3. The normalized spacial score (nSPS) is 29.4. The second-order valence-electron chi connectivity index (χ2n) is 6.74. The molecule has 2 fully saturated rings. The Morgan fingerprint density at radius 2 is 2.00 bits per heavy atom. The Morgan fingerprint density at radius 1 is 1.18 bits per heavy atom. The van der Waals surface area contributed by atoms with E-state index in [4.69, 9.17) is 0 Å². The third kappa shape index (κ3) is 1.97. The van der Waals surface area contributed by atoms with Crippen molar-refractivity contribution in [3.05, 3.63) is 11.6 Å². The van der Waals surface area contributed by atoms with Crippen LogP contribution in [0.5, 0.6) is 0 Å². The Labute approximate surface area is 106 Å². The molecule has 3 aliphatic carbocycles. The highest BCUT2D eigenvalue weighted by Crippen LogP contribution is 2.67. The summed E-state index contributed by atoms with van der Waals surface area (Å²) in [6.07, 6.45) is 15.7. The van der Waals surface area contributed by atoms with Gasteiger partial charge in [-0.25, -0.2) is 0 Å². The van der Waals surface area contributed by atoms with Crippen molar-refractivity contribution in [3.8, 4) is 0 Å². The molecular weight excluding hydrogens is 206 g/mol. The van der Waals surface area contributed by atoms with Crippen LogP contribution in [-0.4, -0.2) is 13.1 Å². The molecule has 0 amide bonds. The molecule has 0 unspecified atom stereocenters. The van der Waals surface area contributed by atoms with Crippen LogP contribution in [0.1, 0.15) is 64.7 Å². The number of rotatable bonds is 4. The van der Waals surface area contributed by atoms with E-state index < -0.39 is 0 Å². The summed E-state index contributed by atoms with van der Waals surface area (Å²) in [5.41, 5.74) is 3.20. The lowest BCUT2D eigenvalue weighted by atomic mass is 9.43. The minimum Gasteiger partial charge on any atom is -0.316 e. The first kappa shape index (κ1) is 11.8. The van der Waals surface area contributed by atoms with Crippen molar-refractivity contribution in [2.75, 3.05) is 13.1 Å². The van der Waals surface area contributed by atoms with Crippen LogP contribution < -0.4 is 5.32 Å². The van der Waals surface area contributed by atoms with E-state index >= 15 is 0 Å². The summed E-state index contributed by atoms with van der Waals surface area (Å²) in [6, 6.07) is 0. The number of nitrogens with one attached hydrogen (secondary N) is 1. The predicted octanol–water partition coefficient (Wildman–Crippen LogP) is 4.05. The monoisotopic (exact) mass is 233 g/mol. The largest absolute Gasteiger partial charge is 0.316 e. The fourth-order valence-corrected chi connectivity index (χ4v) is 4.56. The second kappa shape index (κ2) is 4.42. The van der Waals surface area contributed by atoms with Crippen molar-refractivity contribution in [3.63, 3.8) is 0 Å². The molecule has 0 aliphatic heterocycles. The summed E-state index contributed by atoms with van der Waals surface area (Å²) in [5.74, 6) is 0. The zero-order chi connectivity index (χ0) is 11.8. The van der Waals surface area contributed by atoms with Crippen molar-refractivity contribution in [1.82, 2.24) is 5.32 Å². The average Bonchev–Trinajstić information content (AvgIpc) is 2.27. The molecule has 0 atom stereocenters. The lowest BCUT2D eigenvalue weighted by Gasteiger charge is -2.62. The third-order valence-electron chi connectivity index (χ3n) is 5.53. The molecule has 0 bridgehead atoms. The van der Waals surface area contributed by atoms with Gasteiger partial charge in [-0.2, -0.15) is 0 Å². The molecule has 0 radical (unpaired) electrons. The topological polar surface area (TPSA) is 12.0 Å². The maximum absolute atomic E-state index is 3.63. The Kier molecular flexibility index (Phi) is 3.06. The maximum Gasteiger partial charge on any atom is 0.00472 e. The van der Waals surface area contributed by atoms with Gasteiger partial charge in [0.05, 0.1) is 0 Å². The Hall–Kier alpha value is -0.300. The molecule has 1 nitrogen and oxygen atoms in total. The molecule has 0 aromatic carbocycles. The minimum absolute atomic E-state index is 0.580. The molecule has 2 saturated carbocycles. The number of allylic oxidation sites excluding steroid dienone is 1. The third-order valence-corrected chi connectivity index (χ3v) is 5.53. The first-order chi connectivity index (χ1) is 8.29. The fraction of sp³-hybridized carbons (Fsp3) is 0.875. The lowest BCUT2D eigenvalue weighted by Crippen LogP contribution is -2.55. The van der Waals surface area contributed by atoms with Gasteiger partial charge in [0.2, 0.25) is 0 Å². The molecule has 0 aromatic rings. The van der Waals surface area contributed by atoms with E-state index in [0.717, 1.165) is 12.0 Å². The van der Waals surface area contributed by atoms with E-state index in [9.17, 15) is 0 Å². The van der Waals surface area contributed by atoms with Crippen LogP contribution in [0.3, 0.4) is 0 Å². The predicted molar refractivity (Wildman–Crippen MR) is 73.0 cm³/mol. The van der Waals surface area contributed by atoms with E-state index in [0.29, 0.717) is 5.41 Å². The summed E-state index contributed by atoms with van der Waals surface area (Å²) >= 11 is 0. The van der Waals surface area contributed by atoms with E-state index in [1.165, 1.54) is 64.3 Å². The van der Waals surface area contributed by atoms with Gasteiger partial charge in [0, 0.05) is 12.0 Å². The van der Waals surface area contributed by atoms with Crippen molar-refractivity contribution in [2.45, 2.75) is 64.7 Å².